The highest BCUT2D eigenvalue weighted by Crippen LogP contribution is 2.46. The second-order valence-corrected chi connectivity index (χ2v) is 11.7. The normalized spacial score (nSPS) is 22.2. The van der Waals surface area contributed by atoms with Crippen LogP contribution in [0.15, 0.2) is 34.3 Å². The van der Waals surface area contributed by atoms with Gasteiger partial charge in [0, 0.05) is 63.5 Å². The Morgan fingerprint density at radius 3 is 2.70 bits per heavy atom. The number of oxime groups is 1. The van der Waals surface area contributed by atoms with Crippen LogP contribution in [0.5, 0.6) is 5.75 Å². The first-order chi connectivity index (χ1) is 21.0. The smallest absolute Gasteiger partial charge is 0.311 e. The zero-order chi connectivity index (χ0) is 31.6. The number of carbonyl (C=O) groups excluding carboxylic acids is 3. The van der Waals surface area contributed by atoms with Crippen LogP contribution in [0.3, 0.4) is 0 Å². The number of halogens is 2. The number of unbranched alkanes of at least 4 members (excludes halogenated alkanes) is 2. The molecule has 1 aromatic carbocycles. The molecule has 1 spiro atoms. The van der Waals surface area contributed by atoms with Crippen molar-refractivity contribution < 1.29 is 37.5 Å². The number of fused-ring (bicyclic) bond motifs is 5. The molecule has 3 atom stereocenters. The van der Waals surface area contributed by atoms with Crippen LogP contribution in [-0.4, -0.2) is 64.9 Å². The molecule has 2 bridgehead atoms. The molecule has 5 rings (SSSR count). The Morgan fingerprint density at radius 2 is 2.00 bits per heavy atom. The molecule has 0 radical (unpaired) electrons. The minimum atomic E-state index is -0.948. The van der Waals surface area contributed by atoms with Crippen LogP contribution >= 0.6 is 0 Å². The van der Waals surface area contributed by atoms with E-state index in [2.05, 4.69) is 10.5 Å². The molecule has 3 aliphatic heterocycles. The van der Waals surface area contributed by atoms with Crippen LogP contribution in [0.25, 0.3) is 0 Å². The number of amides is 2. The summed E-state index contributed by atoms with van der Waals surface area (Å²) in [6.45, 7) is 4.19. The van der Waals surface area contributed by atoms with Gasteiger partial charge < -0.3 is 29.1 Å². The number of carbonyl (C=O) groups is 3. The van der Waals surface area contributed by atoms with E-state index in [4.69, 9.17) is 14.3 Å². The number of esters is 1. The lowest BCUT2D eigenvalue weighted by atomic mass is 9.84. The second kappa shape index (κ2) is 12.8. The second-order valence-electron chi connectivity index (χ2n) is 11.7. The predicted molar refractivity (Wildman–Crippen MR) is 155 cm³/mol. The minimum Gasteiger partial charge on any atom is -0.420 e. The van der Waals surface area contributed by atoms with Gasteiger partial charge in [0.2, 0.25) is 11.2 Å². The SMILES string of the molecule is COCCCCCC(=O)Oc1c2n(cc(C(=O)NCc3ccc(F)cc3F)c1=O)[C@@H]1CN(C2=O)[C@@H](C)CC[C@]12CC(C)=NO2. The molecule has 0 unspecified atom stereocenters. The number of pyridine rings is 1. The van der Waals surface area contributed by atoms with Gasteiger partial charge in [0.25, 0.3) is 11.8 Å². The molecule has 2 aromatic rings. The van der Waals surface area contributed by atoms with E-state index in [-0.39, 0.29) is 36.8 Å². The van der Waals surface area contributed by atoms with Crippen molar-refractivity contribution in [3.8, 4) is 5.75 Å². The maximum Gasteiger partial charge on any atom is 0.311 e. The monoisotopic (exact) mass is 614 g/mol. The molecule has 3 aliphatic rings. The predicted octanol–water partition coefficient (Wildman–Crippen LogP) is 3.88. The van der Waals surface area contributed by atoms with E-state index in [1.165, 1.54) is 16.8 Å². The van der Waals surface area contributed by atoms with E-state index < -0.39 is 57.8 Å². The van der Waals surface area contributed by atoms with Crippen LogP contribution in [0.1, 0.15) is 91.2 Å². The van der Waals surface area contributed by atoms with Gasteiger partial charge in [-0.2, -0.15) is 0 Å². The summed E-state index contributed by atoms with van der Waals surface area (Å²) in [6.07, 6.45) is 4.80. The largest absolute Gasteiger partial charge is 0.420 e. The lowest BCUT2D eigenvalue weighted by Gasteiger charge is -2.42. The Bertz CT molecular complexity index is 1560. The highest BCUT2D eigenvalue weighted by Gasteiger charge is 2.54. The fourth-order valence-corrected chi connectivity index (χ4v) is 6.16. The van der Waals surface area contributed by atoms with Gasteiger partial charge in [-0.15, -0.1) is 0 Å². The molecule has 1 saturated heterocycles. The summed E-state index contributed by atoms with van der Waals surface area (Å²) in [5.41, 5.74) is -1.57. The van der Waals surface area contributed by atoms with Gasteiger partial charge in [-0.1, -0.05) is 17.6 Å². The molecule has 44 heavy (non-hydrogen) atoms. The fourth-order valence-electron chi connectivity index (χ4n) is 6.16. The molecule has 236 valence electrons. The first kappa shape index (κ1) is 31.3. The molecule has 2 amide bonds. The number of rotatable bonds is 10. The molecular formula is C31H36F2N4O7. The summed E-state index contributed by atoms with van der Waals surface area (Å²) in [6, 6.07) is 2.18. The Balaban J connectivity index is 1.55. The van der Waals surface area contributed by atoms with Gasteiger partial charge in [-0.05, 0) is 45.6 Å². The summed E-state index contributed by atoms with van der Waals surface area (Å²) >= 11 is 0. The van der Waals surface area contributed by atoms with Crippen molar-refractivity contribution in [2.75, 3.05) is 20.3 Å². The standard InChI is InChI=1S/C31H36F2N4O7/c1-18-14-31(44-35-18)11-10-19(2)36-17-24(31)37-16-22(29(40)34-15-20-8-9-21(32)13-23(20)33)27(39)28(26(37)30(36)41)43-25(38)7-5-4-6-12-42-3/h8-9,13,16,19,24H,4-7,10-12,14-15,17H2,1-3H3,(H,34,40)/t19-,24+,31-/m0/s1. The maximum atomic E-state index is 14.3. The van der Waals surface area contributed by atoms with Crippen LogP contribution in [-0.2, 0) is 20.9 Å². The van der Waals surface area contributed by atoms with E-state index in [0.29, 0.717) is 44.8 Å². The van der Waals surface area contributed by atoms with Crippen molar-refractivity contribution in [3.63, 3.8) is 0 Å². The zero-order valence-electron chi connectivity index (χ0n) is 25.0. The molecule has 1 N–H and O–H groups in total. The van der Waals surface area contributed by atoms with Gasteiger partial charge in [-0.25, -0.2) is 8.78 Å². The number of nitrogens with zero attached hydrogens (tertiary/aromatic N) is 3. The summed E-state index contributed by atoms with van der Waals surface area (Å²) in [7, 11) is 1.59. The van der Waals surface area contributed by atoms with Crippen molar-refractivity contribution in [2.45, 2.75) is 83.0 Å². The third-order valence-electron chi connectivity index (χ3n) is 8.57. The van der Waals surface area contributed by atoms with Gasteiger partial charge >= 0.3 is 5.97 Å². The average Bonchev–Trinajstić information content (AvgIpc) is 3.32. The van der Waals surface area contributed by atoms with Gasteiger partial charge in [0.15, 0.2) is 11.3 Å². The van der Waals surface area contributed by atoms with Gasteiger partial charge in [0.1, 0.15) is 17.2 Å². The van der Waals surface area contributed by atoms with E-state index in [1.807, 2.05) is 13.8 Å². The van der Waals surface area contributed by atoms with Crippen LogP contribution in [0, 0.1) is 11.6 Å². The third-order valence-corrected chi connectivity index (χ3v) is 8.57. The molecular weight excluding hydrogens is 578 g/mol. The first-order valence-corrected chi connectivity index (χ1v) is 14.8. The number of hydrogen-bond acceptors (Lipinski definition) is 8. The van der Waals surface area contributed by atoms with E-state index in [0.717, 1.165) is 18.2 Å². The van der Waals surface area contributed by atoms with Crippen molar-refractivity contribution in [3.05, 3.63) is 63.1 Å². The molecule has 1 aromatic heterocycles. The molecule has 1 fully saturated rings. The van der Waals surface area contributed by atoms with Crippen molar-refractivity contribution in [1.29, 1.82) is 0 Å². The average molecular weight is 615 g/mol. The summed E-state index contributed by atoms with van der Waals surface area (Å²) in [4.78, 5) is 61.8. The Labute approximate surface area is 253 Å². The zero-order valence-corrected chi connectivity index (χ0v) is 25.0. The number of ether oxygens (including phenoxy) is 2. The number of benzene rings is 1. The Kier molecular flexibility index (Phi) is 9.14. The molecule has 0 saturated carbocycles. The van der Waals surface area contributed by atoms with E-state index in [9.17, 15) is 28.0 Å². The van der Waals surface area contributed by atoms with Crippen LogP contribution < -0.4 is 15.5 Å². The maximum absolute atomic E-state index is 14.3. The fraction of sp³-hybridized carbons (Fsp3) is 0.516. The Morgan fingerprint density at radius 1 is 1.20 bits per heavy atom. The van der Waals surface area contributed by atoms with Crippen LogP contribution in [0.4, 0.5) is 8.78 Å². The first-order valence-electron chi connectivity index (χ1n) is 14.8. The number of methoxy groups -OCH3 is 1. The van der Waals surface area contributed by atoms with Crippen molar-refractivity contribution >= 4 is 23.5 Å². The van der Waals surface area contributed by atoms with Crippen molar-refractivity contribution in [1.82, 2.24) is 14.8 Å². The molecule has 11 nitrogen and oxygen atoms in total. The van der Waals surface area contributed by atoms with Crippen molar-refractivity contribution in [2.24, 2.45) is 5.16 Å². The summed E-state index contributed by atoms with van der Waals surface area (Å²) in [5.74, 6) is -4.26. The quantitative estimate of drug-likeness (QED) is 0.318. The summed E-state index contributed by atoms with van der Waals surface area (Å²) in [5, 5.41) is 6.70. The van der Waals surface area contributed by atoms with E-state index in [1.54, 1.807) is 12.0 Å². The van der Waals surface area contributed by atoms with E-state index >= 15 is 0 Å². The highest BCUT2D eigenvalue weighted by atomic mass is 19.1. The third kappa shape index (κ3) is 6.10. The van der Waals surface area contributed by atoms with Crippen LogP contribution in [0.2, 0.25) is 0 Å². The molecule has 13 heteroatoms. The lowest BCUT2D eigenvalue weighted by molar-refractivity contribution is -0.134. The molecule has 0 aliphatic carbocycles. The number of aromatic nitrogens is 1. The minimum absolute atomic E-state index is 0.00689. The Hall–Kier alpha value is -4.13. The van der Waals surface area contributed by atoms with Gasteiger partial charge in [-0.3, -0.25) is 19.2 Å². The number of nitrogens with one attached hydrogen (secondary N) is 1. The topological polar surface area (TPSA) is 129 Å². The molecule has 4 heterocycles. The number of hydrogen-bond donors (Lipinski definition) is 1. The highest BCUT2D eigenvalue weighted by molar-refractivity contribution is 6.00. The van der Waals surface area contributed by atoms with Gasteiger partial charge in [0.05, 0.1) is 11.8 Å². The lowest BCUT2D eigenvalue weighted by Crippen LogP contribution is -2.52. The summed E-state index contributed by atoms with van der Waals surface area (Å²) < 4.78 is 39.8.